The molecule has 1 aromatic heterocycles. The Kier molecular flexibility index (Phi) is 6.43. The minimum atomic E-state index is -0.831. The summed E-state index contributed by atoms with van der Waals surface area (Å²) in [6.45, 7) is 2.22. The standard InChI is InChI=1S/C21H27N5O3/c1-13(21(29)26(2)18-8-5-9-23-20(18)28)25-19(27)17(22)11-16-10-14-6-3-4-7-15(14)12-24-16/h3-4,6-7,10,12-13,17-18H,5,8-9,11,22H2,1-2H3,(H,23,28)(H,25,27)/t13-,17-,18-/m0/s1. The number of carbonyl (C=O) groups is 3. The Balaban J connectivity index is 1.57. The van der Waals surface area contributed by atoms with Crippen LogP contribution in [0.2, 0.25) is 0 Å². The summed E-state index contributed by atoms with van der Waals surface area (Å²) < 4.78 is 0. The Labute approximate surface area is 169 Å². The van der Waals surface area contributed by atoms with Crippen molar-refractivity contribution in [3.63, 3.8) is 0 Å². The van der Waals surface area contributed by atoms with Gasteiger partial charge in [0.25, 0.3) is 0 Å². The summed E-state index contributed by atoms with van der Waals surface area (Å²) in [4.78, 5) is 42.8. The van der Waals surface area contributed by atoms with E-state index in [1.54, 1.807) is 20.2 Å². The topological polar surface area (TPSA) is 117 Å². The predicted molar refractivity (Wildman–Crippen MR) is 110 cm³/mol. The summed E-state index contributed by atoms with van der Waals surface area (Å²) in [5, 5.41) is 7.46. The number of nitrogens with two attached hydrogens (primary N) is 1. The number of nitrogens with zero attached hydrogens (tertiary/aromatic N) is 2. The Morgan fingerprint density at radius 2 is 2.07 bits per heavy atom. The summed E-state index contributed by atoms with van der Waals surface area (Å²) in [6, 6.07) is 7.61. The Bertz CT molecular complexity index is 916. The summed E-state index contributed by atoms with van der Waals surface area (Å²) in [5.41, 5.74) is 6.75. The van der Waals surface area contributed by atoms with E-state index in [2.05, 4.69) is 15.6 Å². The minimum absolute atomic E-state index is 0.162. The van der Waals surface area contributed by atoms with Crippen LogP contribution in [-0.4, -0.2) is 59.3 Å². The van der Waals surface area contributed by atoms with Crippen LogP contribution in [0.15, 0.2) is 36.5 Å². The monoisotopic (exact) mass is 397 g/mol. The third-order valence-corrected chi connectivity index (χ3v) is 5.25. The van der Waals surface area contributed by atoms with E-state index in [1.807, 2.05) is 30.3 Å². The minimum Gasteiger partial charge on any atom is -0.354 e. The van der Waals surface area contributed by atoms with E-state index >= 15 is 0 Å². The second-order valence-corrected chi connectivity index (χ2v) is 7.46. The third-order valence-electron chi connectivity index (χ3n) is 5.25. The highest BCUT2D eigenvalue weighted by molar-refractivity contribution is 5.93. The molecule has 1 aliphatic heterocycles. The number of hydrogen-bond acceptors (Lipinski definition) is 5. The zero-order chi connectivity index (χ0) is 21.0. The Hall–Kier alpha value is -3.00. The van der Waals surface area contributed by atoms with Crippen LogP contribution in [-0.2, 0) is 20.8 Å². The molecule has 29 heavy (non-hydrogen) atoms. The molecule has 2 heterocycles. The van der Waals surface area contributed by atoms with E-state index < -0.39 is 24.0 Å². The van der Waals surface area contributed by atoms with Gasteiger partial charge in [-0.1, -0.05) is 24.3 Å². The number of fused-ring (bicyclic) bond motifs is 1. The van der Waals surface area contributed by atoms with Gasteiger partial charge in [0, 0.05) is 37.3 Å². The second-order valence-electron chi connectivity index (χ2n) is 7.46. The smallest absolute Gasteiger partial charge is 0.245 e. The molecule has 0 aliphatic carbocycles. The van der Waals surface area contributed by atoms with E-state index in [0.29, 0.717) is 18.7 Å². The summed E-state index contributed by atoms with van der Waals surface area (Å²) in [6.07, 6.45) is 3.45. The van der Waals surface area contributed by atoms with Crippen molar-refractivity contribution in [2.24, 2.45) is 5.73 Å². The molecule has 0 saturated carbocycles. The molecule has 2 aromatic rings. The number of carbonyl (C=O) groups excluding carboxylic acids is 3. The fourth-order valence-electron chi connectivity index (χ4n) is 3.53. The fourth-order valence-corrected chi connectivity index (χ4v) is 3.53. The third kappa shape index (κ3) is 4.89. The van der Waals surface area contributed by atoms with Crippen molar-refractivity contribution in [1.29, 1.82) is 0 Å². The molecule has 1 aliphatic rings. The summed E-state index contributed by atoms with van der Waals surface area (Å²) in [7, 11) is 1.58. The van der Waals surface area contributed by atoms with Gasteiger partial charge in [-0.05, 0) is 31.2 Å². The van der Waals surface area contributed by atoms with Gasteiger partial charge in [0.05, 0.1) is 6.04 Å². The lowest BCUT2D eigenvalue weighted by Gasteiger charge is -2.32. The average Bonchev–Trinajstić information content (AvgIpc) is 2.72. The SMILES string of the molecule is C[C@H](NC(=O)[C@@H](N)Cc1cc2ccccc2cn1)C(=O)N(C)[C@H]1CCCNC1=O. The molecule has 0 unspecified atom stereocenters. The maximum Gasteiger partial charge on any atom is 0.245 e. The van der Waals surface area contributed by atoms with E-state index in [9.17, 15) is 14.4 Å². The Morgan fingerprint density at radius 3 is 2.79 bits per heavy atom. The first-order valence-electron chi connectivity index (χ1n) is 9.81. The molecule has 8 nitrogen and oxygen atoms in total. The van der Waals surface area contributed by atoms with Crippen LogP contribution in [0.5, 0.6) is 0 Å². The van der Waals surface area contributed by atoms with E-state index in [0.717, 1.165) is 17.2 Å². The first-order valence-corrected chi connectivity index (χ1v) is 9.81. The molecule has 3 rings (SSSR count). The van der Waals surface area contributed by atoms with Gasteiger partial charge in [-0.15, -0.1) is 0 Å². The van der Waals surface area contributed by atoms with Gasteiger partial charge in [-0.3, -0.25) is 19.4 Å². The van der Waals surface area contributed by atoms with Crippen molar-refractivity contribution in [2.75, 3.05) is 13.6 Å². The molecule has 0 bridgehead atoms. The van der Waals surface area contributed by atoms with Gasteiger partial charge in [0.1, 0.15) is 12.1 Å². The second kappa shape index (κ2) is 9.00. The molecule has 1 aromatic carbocycles. The van der Waals surface area contributed by atoms with Crippen LogP contribution in [0.25, 0.3) is 10.8 Å². The molecule has 8 heteroatoms. The number of nitrogens with one attached hydrogen (secondary N) is 2. The van der Waals surface area contributed by atoms with Gasteiger partial charge >= 0.3 is 0 Å². The number of rotatable bonds is 6. The van der Waals surface area contributed by atoms with Gasteiger partial charge < -0.3 is 21.3 Å². The van der Waals surface area contributed by atoms with Crippen molar-refractivity contribution in [3.05, 3.63) is 42.2 Å². The van der Waals surface area contributed by atoms with Crippen LogP contribution in [0, 0.1) is 0 Å². The molecule has 0 spiro atoms. The van der Waals surface area contributed by atoms with Gasteiger partial charge in [-0.25, -0.2) is 0 Å². The number of aromatic nitrogens is 1. The fraction of sp³-hybridized carbons (Fsp3) is 0.429. The summed E-state index contributed by atoms with van der Waals surface area (Å²) >= 11 is 0. The van der Waals surface area contributed by atoms with Crippen LogP contribution in [0.4, 0.5) is 0 Å². The largest absolute Gasteiger partial charge is 0.354 e. The maximum atomic E-state index is 12.6. The zero-order valence-electron chi connectivity index (χ0n) is 16.7. The van der Waals surface area contributed by atoms with E-state index in [1.165, 1.54) is 4.90 Å². The van der Waals surface area contributed by atoms with Crippen molar-refractivity contribution in [1.82, 2.24) is 20.5 Å². The van der Waals surface area contributed by atoms with E-state index in [-0.39, 0.29) is 18.2 Å². The first kappa shape index (κ1) is 20.7. The van der Waals surface area contributed by atoms with Crippen molar-refractivity contribution < 1.29 is 14.4 Å². The lowest BCUT2D eigenvalue weighted by Crippen LogP contribution is -2.56. The molecule has 4 N–H and O–H groups in total. The first-order chi connectivity index (χ1) is 13.9. The molecule has 0 radical (unpaired) electrons. The number of piperidine rings is 1. The maximum absolute atomic E-state index is 12.6. The molecule has 1 saturated heterocycles. The highest BCUT2D eigenvalue weighted by Crippen LogP contribution is 2.14. The van der Waals surface area contributed by atoms with Crippen LogP contribution in [0.3, 0.4) is 0 Å². The number of amides is 3. The van der Waals surface area contributed by atoms with Crippen LogP contribution >= 0.6 is 0 Å². The summed E-state index contributed by atoms with van der Waals surface area (Å²) in [5.74, 6) is -0.913. The van der Waals surface area contributed by atoms with Gasteiger partial charge in [-0.2, -0.15) is 0 Å². The van der Waals surface area contributed by atoms with Crippen molar-refractivity contribution in [2.45, 2.75) is 44.3 Å². The molecular formula is C21H27N5O3. The lowest BCUT2D eigenvalue weighted by atomic mass is 10.0. The predicted octanol–water partition coefficient (Wildman–Crippen LogP) is 0.346. The molecule has 1 fully saturated rings. The zero-order valence-corrected chi connectivity index (χ0v) is 16.7. The van der Waals surface area contributed by atoms with Crippen LogP contribution in [0.1, 0.15) is 25.5 Å². The molecular weight excluding hydrogens is 370 g/mol. The highest BCUT2D eigenvalue weighted by Gasteiger charge is 2.32. The number of likely N-dealkylation sites (N-methyl/N-ethyl adjacent to an activating group) is 1. The number of hydrogen-bond donors (Lipinski definition) is 3. The molecule has 154 valence electrons. The molecule has 3 atom stereocenters. The Morgan fingerprint density at radius 1 is 1.34 bits per heavy atom. The normalized spacial score (nSPS) is 18.6. The van der Waals surface area contributed by atoms with Gasteiger partial charge in [0.2, 0.25) is 17.7 Å². The van der Waals surface area contributed by atoms with E-state index in [4.69, 9.17) is 5.73 Å². The average molecular weight is 397 g/mol. The van der Waals surface area contributed by atoms with Crippen molar-refractivity contribution >= 4 is 28.5 Å². The van der Waals surface area contributed by atoms with Crippen molar-refractivity contribution in [3.8, 4) is 0 Å². The lowest BCUT2D eigenvalue weighted by molar-refractivity contribution is -0.142. The quantitative estimate of drug-likeness (QED) is 0.650. The number of benzene rings is 1. The van der Waals surface area contributed by atoms with Crippen LogP contribution < -0.4 is 16.4 Å². The number of pyridine rings is 1. The highest BCUT2D eigenvalue weighted by atomic mass is 16.2. The molecule has 3 amide bonds. The van der Waals surface area contributed by atoms with Gasteiger partial charge in [0.15, 0.2) is 0 Å².